The Balaban J connectivity index is 3.20. The Hall–Kier alpha value is -1.15. The summed E-state index contributed by atoms with van der Waals surface area (Å²) in [6.07, 6.45) is 0.797. The van der Waals surface area contributed by atoms with E-state index in [-0.39, 0.29) is 11.8 Å². The number of hydrogen-bond acceptors (Lipinski definition) is 1. The molecular weight excluding hydrogens is 186 g/mol. The zero-order valence-electron chi connectivity index (χ0n) is 10.1. The predicted octanol–water partition coefficient (Wildman–Crippen LogP) is 1.82. The largest absolute Gasteiger partial charge is 0.349 e. The minimum Gasteiger partial charge on any atom is -0.349 e. The van der Waals surface area contributed by atoms with Crippen LogP contribution in [0.1, 0.15) is 40.4 Å². The van der Waals surface area contributed by atoms with E-state index < -0.39 is 0 Å². The van der Waals surface area contributed by atoms with Gasteiger partial charge in [0.1, 0.15) is 6.04 Å². The molecule has 3 N–H and O–H groups in total. The molecule has 0 aliphatic rings. The number of benzene rings is 1. The standard InChI is InChI=1S/C13H19NO/c1-5-11(14)13(15)12-9(3)6-8(2)7-10(12)4/h6-7,11H,5,14H2,1-4H3/p+1/t11-/m0/s1. The van der Waals surface area contributed by atoms with Gasteiger partial charge in [0.15, 0.2) is 0 Å². The lowest BCUT2D eigenvalue weighted by molar-refractivity contribution is -0.399. The molecular formula is C13H20NO+. The summed E-state index contributed by atoms with van der Waals surface area (Å²) in [6, 6.07) is 4.00. The van der Waals surface area contributed by atoms with Crippen LogP contribution in [0.3, 0.4) is 0 Å². The minimum absolute atomic E-state index is 0.120. The van der Waals surface area contributed by atoms with Gasteiger partial charge in [-0.15, -0.1) is 0 Å². The predicted molar refractivity (Wildman–Crippen MR) is 62.0 cm³/mol. The summed E-state index contributed by atoms with van der Waals surface area (Å²) in [5.74, 6) is 0.174. The summed E-state index contributed by atoms with van der Waals surface area (Å²) in [7, 11) is 0. The maximum absolute atomic E-state index is 12.1. The van der Waals surface area contributed by atoms with Crippen LogP contribution in [0.2, 0.25) is 0 Å². The van der Waals surface area contributed by atoms with Gasteiger partial charge in [-0.25, -0.2) is 0 Å². The highest BCUT2D eigenvalue weighted by Gasteiger charge is 2.20. The van der Waals surface area contributed by atoms with E-state index in [4.69, 9.17) is 0 Å². The summed E-state index contributed by atoms with van der Waals surface area (Å²) < 4.78 is 0. The molecule has 0 aliphatic carbocycles. The molecule has 1 aromatic rings. The van der Waals surface area contributed by atoms with Crippen molar-refractivity contribution in [3.05, 3.63) is 34.4 Å². The average molecular weight is 206 g/mol. The molecule has 15 heavy (non-hydrogen) atoms. The SMILES string of the molecule is CC[C@H]([NH3+])C(=O)c1c(C)cc(C)cc1C. The molecule has 0 spiro atoms. The van der Waals surface area contributed by atoms with Crippen LogP contribution in [0.25, 0.3) is 0 Å². The Morgan fingerprint density at radius 1 is 1.27 bits per heavy atom. The molecule has 0 bridgehead atoms. The fourth-order valence-corrected chi connectivity index (χ4v) is 1.96. The summed E-state index contributed by atoms with van der Waals surface area (Å²) in [5, 5.41) is 0. The third-order valence-electron chi connectivity index (χ3n) is 2.79. The summed E-state index contributed by atoms with van der Waals surface area (Å²) >= 11 is 0. The number of aryl methyl sites for hydroxylation is 3. The zero-order valence-corrected chi connectivity index (χ0v) is 10.1. The van der Waals surface area contributed by atoms with Gasteiger partial charge in [0.05, 0.1) is 0 Å². The Kier molecular flexibility index (Phi) is 3.64. The van der Waals surface area contributed by atoms with E-state index in [9.17, 15) is 4.79 Å². The van der Waals surface area contributed by atoms with Crippen molar-refractivity contribution in [1.29, 1.82) is 0 Å². The second-order valence-electron chi connectivity index (χ2n) is 4.24. The lowest BCUT2D eigenvalue weighted by Gasteiger charge is -2.12. The van der Waals surface area contributed by atoms with Crippen LogP contribution < -0.4 is 5.73 Å². The highest BCUT2D eigenvalue weighted by molar-refractivity contribution is 6.01. The molecule has 2 heteroatoms. The maximum Gasteiger partial charge on any atom is 0.220 e. The number of quaternary nitrogens is 1. The first-order valence-electron chi connectivity index (χ1n) is 5.42. The molecule has 82 valence electrons. The normalized spacial score (nSPS) is 12.6. The molecule has 0 aliphatic heterocycles. The summed E-state index contributed by atoms with van der Waals surface area (Å²) in [4.78, 5) is 12.1. The molecule has 0 radical (unpaired) electrons. The number of rotatable bonds is 3. The molecule has 1 atom stereocenters. The third-order valence-corrected chi connectivity index (χ3v) is 2.79. The molecule has 0 heterocycles. The van der Waals surface area contributed by atoms with Crippen molar-refractivity contribution in [2.45, 2.75) is 40.2 Å². The summed E-state index contributed by atoms with van der Waals surface area (Å²) in [6.45, 7) is 8.04. The number of carbonyl (C=O) groups is 1. The van der Waals surface area contributed by atoms with Gasteiger partial charge in [0, 0.05) is 12.0 Å². The van der Waals surface area contributed by atoms with Crippen LogP contribution in [0, 0.1) is 20.8 Å². The number of carbonyl (C=O) groups excluding carboxylic acids is 1. The van der Waals surface area contributed by atoms with Gasteiger partial charge in [-0.2, -0.15) is 0 Å². The van der Waals surface area contributed by atoms with Crippen LogP contribution in [0.15, 0.2) is 12.1 Å². The minimum atomic E-state index is -0.120. The van der Waals surface area contributed by atoms with Crippen LogP contribution in [0.4, 0.5) is 0 Å². The highest BCUT2D eigenvalue weighted by atomic mass is 16.1. The van der Waals surface area contributed by atoms with Crippen molar-refractivity contribution in [3.8, 4) is 0 Å². The molecule has 2 nitrogen and oxygen atoms in total. The maximum atomic E-state index is 12.1. The van der Waals surface area contributed by atoms with E-state index in [1.54, 1.807) is 0 Å². The first-order chi connectivity index (χ1) is 6.97. The van der Waals surface area contributed by atoms with Crippen molar-refractivity contribution in [3.63, 3.8) is 0 Å². The number of ketones is 1. The Bertz CT molecular complexity index is 359. The van der Waals surface area contributed by atoms with Gasteiger partial charge in [-0.05, 0) is 31.9 Å². The van der Waals surface area contributed by atoms with Gasteiger partial charge in [-0.1, -0.05) is 24.6 Å². The lowest BCUT2D eigenvalue weighted by atomic mass is 9.93. The molecule has 0 saturated carbocycles. The van der Waals surface area contributed by atoms with Gasteiger partial charge in [0.25, 0.3) is 0 Å². The zero-order chi connectivity index (χ0) is 11.6. The van der Waals surface area contributed by atoms with Gasteiger partial charge in [-0.3, -0.25) is 4.79 Å². The van der Waals surface area contributed by atoms with E-state index in [1.807, 2.05) is 20.8 Å². The second-order valence-corrected chi connectivity index (χ2v) is 4.24. The van der Waals surface area contributed by atoms with E-state index in [0.29, 0.717) is 0 Å². The molecule has 0 amide bonds. The fraction of sp³-hybridized carbons (Fsp3) is 0.462. The third kappa shape index (κ3) is 2.45. The van der Waals surface area contributed by atoms with Crippen molar-refractivity contribution < 1.29 is 10.5 Å². The molecule has 1 rings (SSSR count). The van der Waals surface area contributed by atoms with E-state index in [1.165, 1.54) is 5.56 Å². The lowest BCUT2D eigenvalue weighted by Crippen LogP contribution is -2.64. The van der Waals surface area contributed by atoms with Crippen LogP contribution >= 0.6 is 0 Å². The van der Waals surface area contributed by atoms with Crippen molar-refractivity contribution in [2.75, 3.05) is 0 Å². The Morgan fingerprint density at radius 3 is 2.13 bits per heavy atom. The fourth-order valence-electron chi connectivity index (χ4n) is 1.96. The Morgan fingerprint density at radius 2 is 1.73 bits per heavy atom. The summed E-state index contributed by atoms with van der Waals surface area (Å²) in [5.41, 5.74) is 8.10. The van der Waals surface area contributed by atoms with E-state index >= 15 is 0 Å². The molecule has 0 aromatic heterocycles. The molecule has 0 unspecified atom stereocenters. The second kappa shape index (κ2) is 4.58. The van der Waals surface area contributed by atoms with Crippen molar-refractivity contribution >= 4 is 5.78 Å². The number of Topliss-reactive ketones (excluding diaryl/α,β-unsaturated/α-hetero) is 1. The first-order valence-corrected chi connectivity index (χ1v) is 5.42. The monoisotopic (exact) mass is 206 g/mol. The van der Waals surface area contributed by atoms with Gasteiger partial charge in [0.2, 0.25) is 5.78 Å². The van der Waals surface area contributed by atoms with Crippen LogP contribution in [0.5, 0.6) is 0 Å². The quantitative estimate of drug-likeness (QED) is 0.753. The smallest absolute Gasteiger partial charge is 0.220 e. The first kappa shape index (κ1) is 11.9. The molecule has 0 saturated heterocycles. The highest BCUT2D eigenvalue weighted by Crippen LogP contribution is 2.18. The topological polar surface area (TPSA) is 44.7 Å². The van der Waals surface area contributed by atoms with Gasteiger partial charge < -0.3 is 5.73 Å². The Labute approximate surface area is 91.5 Å². The molecule has 0 fully saturated rings. The molecule has 1 aromatic carbocycles. The number of hydrogen-bond donors (Lipinski definition) is 1. The van der Waals surface area contributed by atoms with Gasteiger partial charge >= 0.3 is 0 Å². The van der Waals surface area contributed by atoms with Crippen LogP contribution in [-0.2, 0) is 0 Å². The van der Waals surface area contributed by atoms with Crippen molar-refractivity contribution in [1.82, 2.24) is 0 Å². The van der Waals surface area contributed by atoms with Crippen molar-refractivity contribution in [2.24, 2.45) is 0 Å². The average Bonchev–Trinajstić information content (AvgIpc) is 2.14. The van der Waals surface area contributed by atoms with E-state index in [0.717, 1.165) is 23.1 Å². The van der Waals surface area contributed by atoms with Crippen LogP contribution in [-0.4, -0.2) is 11.8 Å². The van der Waals surface area contributed by atoms with E-state index in [2.05, 4.69) is 24.8 Å².